The maximum Gasteiger partial charge on any atom is 0.244 e. The lowest BCUT2D eigenvalue weighted by atomic mass is 9.94. The predicted octanol–water partition coefficient (Wildman–Crippen LogP) is 4.67. The van der Waals surface area contributed by atoms with Crippen LogP contribution < -0.4 is 9.62 Å². The number of carbonyl (C=O) groups is 1. The Kier molecular flexibility index (Phi) is 7.04. The van der Waals surface area contributed by atoms with Crippen LogP contribution in [-0.2, 0) is 14.8 Å². The van der Waals surface area contributed by atoms with Crippen LogP contribution in [-0.4, -0.2) is 26.6 Å². The summed E-state index contributed by atoms with van der Waals surface area (Å²) in [5, 5.41) is 3.09. The molecule has 0 aliphatic heterocycles. The van der Waals surface area contributed by atoms with Crippen LogP contribution in [0, 0.1) is 20.8 Å². The molecular formula is C26H30N2O3S. The van der Waals surface area contributed by atoms with Gasteiger partial charge in [-0.1, -0.05) is 60.7 Å². The van der Waals surface area contributed by atoms with E-state index in [1.807, 2.05) is 81.4 Å². The van der Waals surface area contributed by atoms with Crippen molar-refractivity contribution in [1.29, 1.82) is 0 Å². The number of hydrogen-bond acceptors (Lipinski definition) is 3. The largest absolute Gasteiger partial charge is 0.343 e. The van der Waals surface area contributed by atoms with Crippen LogP contribution in [0.1, 0.15) is 40.8 Å². The number of carbonyl (C=O) groups excluding carboxylic acids is 1. The summed E-state index contributed by atoms with van der Waals surface area (Å²) in [6.45, 7) is 7.50. The van der Waals surface area contributed by atoms with E-state index < -0.39 is 22.1 Å². The fraction of sp³-hybridized carbons (Fsp3) is 0.269. The van der Waals surface area contributed by atoms with Crippen LogP contribution in [0.4, 0.5) is 5.69 Å². The molecule has 0 aromatic heterocycles. The maximum atomic E-state index is 13.4. The van der Waals surface area contributed by atoms with E-state index in [2.05, 4.69) is 5.32 Å². The number of sulfonamides is 1. The lowest BCUT2D eigenvalue weighted by Crippen LogP contribution is -2.48. The van der Waals surface area contributed by atoms with E-state index in [0.717, 1.165) is 34.1 Å². The van der Waals surface area contributed by atoms with E-state index in [-0.39, 0.29) is 5.91 Å². The molecule has 0 fully saturated rings. The normalized spacial score (nSPS) is 13.3. The minimum atomic E-state index is -3.69. The van der Waals surface area contributed by atoms with Gasteiger partial charge >= 0.3 is 0 Å². The average Bonchev–Trinajstić information content (AvgIpc) is 2.74. The molecule has 2 atom stereocenters. The van der Waals surface area contributed by atoms with E-state index in [4.69, 9.17) is 0 Å². The molecule has 0 bridgehead atoms. The summed E-state index contributed by atoms with van der Waals surface area (Å²) >= 11 is 0. The van der Waals surface area contributed by atoms with Gasteiger partial charge in [-0.2, -0.15) is 0 Å². The fourth-order valence-electron chi connectivity index (χ4n) is 3.83. The van der Waals surface area contributed by atoms with Gasteiger partial charge in [-0.25, -0.2) is 8.42 Å². The van der Waals surface area contributed by atoms with E-state index in [9.17, 15) is 13.2 Å². The Morgan fingerprint density at radius 3 is 2.06 bits per heavy atom. The highest BCUT2D eigenvalue weighted by Gasteiger charge is 2.31. The Bertz CT molecular complexity index is 1210. The van der Waals surface area contributed by atoms with Crippen molar-refractivity contribution in [3.05, 3.63) is 101 Å². The summed E-state index contributed by atoms with van der Waals surface area (Å²) in [5.41, 5.74) is 5.44. The number of benzene rings is 3. The zero-order chi connectivity index (χ0) is 23.5. The van der Waals surface area contributed by atoms with Gasteiger partial charge in [0.2, 0.25) is 15.9 Å². The summed E-state index contributed by atoms with van der Waals surface area (Å²) in [7, 11) is -3.69. The molecular weight excluding hydrogens is 420 g/mol. The molecule has 1 N–H and O–H groups in total. The van der Waals surface area contributed by atoms with Crippen LogP contribution in [0.3, 0.4) is 0 Å². The van der Waals surface area contributed by atoms with Crippen molar-refractivity contribution in [2.24, 2.45) is 0 Å². The molecule has 0 aliphatic rings. The highest BCUT2D eigenvalue weighted by molar-refractivity contribution is 7.92. The van der Waals surface area contributed by atoms with E-state index in [1.54, 1.807) is 19.1 Å². The topological polar surface area (TPSA) is 66.5 Å². The van der Waals surface area contributed by atoms with Crippen LogP contribution in [0.15, 0.2) is 72.8 Å². The quantitative estimate of drug-likeness (QED) is 0.569. The minimum Gasteiger partial charge on any atom is -0.343 e. The van der Waals surface area contributed by atoms with Gasteiger partial charge in [-0.3, -0.25) is 9.10 Å². The van der Waals surface area contributed by atoms with Crippen LogP contribution in [0.2, 0.25) is 0 Å². The second-order valence-electron chi connectivity index (χ2n) is 8.21. The molecule has 6 heteroatoms. The van der Waals surface area contributed by atoms with Crippen molar-refractivity contribution in [2.75, 3.05) is 10.6 Å². The van der Waals surface area contributed by atoms with Gasteiger partial charge in [0.15, 0.2) is 0 Å². The van der Waals surface area contributed by atoms with Gasteiger partial charge in [0.25, 0.3) is 0 Å². The Morgan fingerprint density at radius 2 is 1.47 bits per heavy atom. The molecule has 0 saturated heterocycles. The number of amides is 1. The Hall–Kier alpha value is -3.12. The van der Waals surface area contributed by atoms with Gasteiger partial charge in [0.05, 0.1) is 18.0 Å². The lowest BCUT2D eigenvalue weighted by Gasteiger charge is -2.31. The number of hydrogen-bond donors (Lipinski definition) is 1. The zero-order valence-corrected chi connectivity index (χ0v) is 20.0. The van der Waals surface area contributed by atoms with Crippen LogP contribution in [0.5, 0.6) is 0 Å². The first-order valence-electron chi connectivity index (χ1n) is 10.6. The first-order chi connectivity index (χ1) is 15.1. The first kappa shape index (κ1) is 23.5. The van der Waals surface area contributed by atoms with Crippen molar-refractivity contribution < 1.29 is 13.2 Å². The number of anilines is 1. The summed E-state index contributed by atoms with van der Waals surface area (Å²) < 4.78 is 26.6. The maximum absolute atomic E-state index is 13.4. The van der Waals surface area contributed by atoms with Gasteiger partial charge < -0.3 is 5.32 Å². The molecule has 0 aliphatic carbocycles. The minimum absolute atomic E-state index is 0.370. The molecule has 3 aromatic carbocycles. The molecule has 0 spiro atoms. The van der Waals surface area contributed by atoms with E-state index in [1.165, 1.54) is 4.31 Å². The van der Waals surface area contributed by atoms with Crippen molar-refractivity contribution >= 4 is 21.6 Å². The zero-order valence-electron chi connectivity index (χ0n) is 19.2. The smallest absolute Gasteiger partial charge is 0.244 e. The monoisotopic (exact) mass is 450 g/mol. The van der Waals surface area contributed by atoms with Gasteiger partial charge in [0.1, 0.15) is 6.04 Å². The molecule has 1 amide bonds. The SMILES string of the molecule is Cc1ccc(N([C@H](C)C(=O)N[C@H](c2ccccc2)c2ccccc2C)S(C)(=O)=O)cc1C. The van der Waals surface area contributed by atoms with Gasteiger partial charge in [-0.05, 0) is 67.6 Å². The average molecular weight is 451 g/mol. The molecule has 32 heavy (non-hydrogen) atoms. The summed E-state index contributed by atoms with van der Waals surface area (Å²) in [5.74, 6) is -0.370. The third-order valence-electron chi connectivity index (χ3n) is 5.75. The highest BCUT2D eigenvalue weighted by atomic mass is 32.2. The molecule has 168 valence electrons. The summed E-state index contributed by atoms with van der Waals surface area (Å²) in [6, 6.07) is 21.6. The van der Waals surface area contributed by atoms with Crippen LogP contribution >= 0.6 is 0 Å². The molecule has 0 unspecified atom stereocenters. The Labute approximate surface area is 191 Å². The van der Waals surface area contributed by atoms with E-state index >= 15 is 0 Å². The van der Waals surface area contributed by atoms with Crippen molar-refractivity contribution in [3.8, 4) is 0 Å². The van der Waals surface area contributed by atoms with Crippen molar-refractivity contribution in [2.45, 2.75) is 39.8 Å². The predicted molar refractivity (Wildman–Crippen MR) is 130 cm³/mol. The Morgan fingerprint density at radius 1 is 0.844 bits per heavy atom. The summed E-state index contributed by atoms with van der Waals surface area (Å²) in [4.78, 5) is 13.4. The first-order valence-corrected chi connectivity index (χ1v) is 12.4. The van der Waals surface area contributed by atoms with Gasteiger partial charge in [-0.15, -0.1) is 0 Å². The third-order valence-corrected chi connectivity index (χ3v) is 6.99. The van der Waals surface area contributed by atoms with Crippen molar-refractivity contribution in [1.82, 2.24) is 5.32 Å². The fourth-order valence-corrected chi connectivity index (χ4v) is 5.00. The molecule has 0 radical (unpaired) electrons. The molecule has 0 heterocycles. The molecule has 5 nitrogen and oxygen atoms in total. The molecule has 3 rings (SSSR count). The standard InChI is InChI=1S/C26H30N2O3S/c1-18-15-16-23(17-20(18)3)28(32(5,30)31)21(4)26(29)27-25(22-12-7-6-8-13-22)24-14-10-9-11-19(24)2/h6-17,21,25H,1-5H3,(H,27,29)/t21-,25-/m1/s1. The van der Waals surface area contributed by atoms with Gasteiger partial charge in [0, 0.05) is 0 Å². The molecule has 0 saturated carbocycles. The number of nitrogens with zero attached hydrogens (tertiary/aromatic N) is 1. The van der Waals surface area contributed by atoms with Crippen LogP contribution in [0.25, 0.3) is 0 Å². The number of aryl methyl sites for hydroxylation is 3. The number of rotatable bonds is 7. The molecule has 3 aromatic rings. The summed E-state index contributed by atoms with van der Waals surface area (Å²) in [6.07, 6.45) is 1.13. The third kappa shape index (κ3) is 5.19. The number of nitrogens with one attached hydrogen (secondary N) is 1. The second kappa shape index (κ2) is 9.57. The van der Waals surface area contributed by atoms with E-state index in [0.29, 0.717) is 5.69 Å². The van der Waals surface area contributed by atoms with Crippen molar-refractivity contribution in [3.63, 3.8) is 0 Å². The lowest BCUT2D eigenvalue weighted by molar-refractivity contribution is -0.122. The highest BCUT2D eigenvalue weighted by Crippen LogP contribution is 2.27. The second-order valence-corrected chi connectivity index (χ2v) is 10.1. The Balaban J connectivity index is 1.98.